The highest BCUT2D eigenvalue weighted by Crippen LogP contribution is 2.30. The third-order valence-corrected chi connectivity index (χ3v) is 5.80. The molecule has 0 radical (unpaired) electrons. The molecule has 2 unspecified atom stereocenters. The van der Waals surface area contributed by atoms with E-state index in [0.717, 1.165) is 51.2 Å². The fourth-order valence-electron chi connectivity index (χ4n) is 4.36. The van der Waals surface area contributed by atoms with E-state index in [1.54, 1.807) is 18.3 Å². The molecule has 0 saturated carbocycles. The molecule has 2 aliphatic rings. The molecular formula is C24H28FN3O2. The number of nitrogens with zero attached hydrogens (tertiary/aromatic N) is 2. The van der Waals surface area contributed by atoms with Gasteiger partial charge in [-0.15, -0.1) is 0 Å². The second kappa shape index (κ2) is 9.96. The van der Waals surface area contributed by atoms with Crippen LogP contribution in [0.3, 0.4) is 0 Å². The lowest BCUT2D eigenvalue weighted by atomic mass is 9.88. The molecule has 1 saturated heterocycles. The van der Waals surface area contributed by atoms with Gasteiger partial charge in [0.1, 0.15) is 5.82 Å². The van der Waals surface area contributed by atoms with Gasteiger partial charge >= 0.3 is 0 Å². The van der Waals surface area contributed by atoms with Crippen molar-refractivity contribution in [1.82, 2.24) is 15.2 Å². The van der Waals surface area contributed by atoms with Crippen LogP contribution in [0.2, 0.25) is 0 Å². The first-order chi connectivity index (χ1) is 14.7. The molecule has 0 bridgehead atoms. The van der Waals surface area contributed by atoms with Gasteiger partial charge in [0.2, 0.25) is 0 Å². The maximum atomic E-state index is 13.6. The Bertz CT molecular complexity index is 887. The monoisotopic (exact) mass is 409 g/mol. The Kier molecular flexibility index (Phi) is 6.87. The molecule has 1 fully saturated rings. The Hall–Kier alpha value is -2.57. The summed E-state index contributed by atoms with van der Waals surface area (Å²) < 4.78 is 19.2. The van der Waals surface area contributed by atoms with Gasteiger partial charge in [-0.25, -0.2) is 4.39 Å². The van der Waals surface area contributed by atoms with E-state index in [4.69, 9.17) is 4.74 Å². The summed E-state index contributed by atoms with van der Waals surface area (Å²) in [6.45, 7) is 4.34. The predicted molar refractivity (Wildman–Crippen MR) is 114 cm³/mol. The lowest BCUT2D eigenvalue weighted by Gasteiger charge is -2.37. The fourth-order valence-corrected chi connectivity index (χ4v) is 4.36. The van der Waals surface area contributed by atoms with Gasteiger partial charge in [0.25, 0.3) is 5.91 Å². The van der Waals surface area contributed by atoms with E-state index in [9.17, 15) is 9.18 Å². The number of rotatable bonds is 6. The number of pyridine rings is 1. The third kappa shape index (κ3) is 5.32. The highest BCUT2D eigenvalue weighted by atomic mass is 19.1. The van der Waals surface area contributed by atoms with Gasteiger partial charge in [-0.3, -0.25) is 14.7 Å². The van der Waals surface area contributed by atoms with E-state index in [2.05, 4.69) is 21.3 Å². The van der Waals surface area contributed by atoms with Crippen LogP contribution in [0, 0.1) is 11.7 Å². The molecule has 30 heavy (non-hydrogen) atoms. The zero-order chi connectivity index (χ0) is 20.8. The number of piperidine rings is 1. The Morgan fingerprint density at radius 1 is 1.30 bits per heavy atom. The number of hydrogen-bond acceptors (Lipinski definition) is 4. The molecule has 6 heteroatoms. The van der Waals surface area contributed by atoms with Crippen molar-refractivity contribution in [2.45, 2.75) is 25.3 Å². The molecule has 2 aromatic rings. The van der Waals surface area contributed by atoms with Crippen LogP contribution in [0.1, 0.15) is 41.4 Å². The third-order valence-electron chi connectivity index (χ3n) is 5.80. The first kappa shape index (κ1) is 20.7. The molecule has 5 nitrogen and oxygen atoms in total. The van der Waals surface area contributed by atoms with E-state index >= 15 is 0 Å². The van der Waals surface area contributed by atoms with Crippen LogP contribution >= 0.6 is 0 Å². The largest absolute Gasteiger partial charge is 0.377 e. The average Bonchev–Trinajstić information content (AvgIpc) is 2.79. The SMILES string of the molecule is O=C(NC(c1ccccn1)C1CCCN(CC2=CCCOC2)C1)c1cccc(F)c1. The van der Waals surface area contributed by atoms with Crippen molar-refractivity contribution < 1.29 is 13.9 Å². The number of aromatic nitrogens is 1. The van der Waals surface area contributed by atoms with Crippen LogP contribution in [-0.2, 0) is 4.74 Å². The smallest absolute Gasteiger partial charge is 0.251 e. The lowest BCUT2D eigenvalue weighted by Crippen LogP contribution is -2.44. The molecule has 4 rings (SSSR count). The van der Waals surface area contributed by atoms with Crippen molar-refractivity contribution >= 4 is 5.91 Å². The van der Waals surface area contributed by atoms with E-state index in [1.165, 1.54) is 17.7 Å². The van der Waals surface area contributed by atoms with E-state index in [-0.39, 0.29) is 17.9 Å². The van der Waals surface area contributed by atoms with Gasteiger partial charge in [0.05, 0.1) is 24.9 Å². The van der Waals surface area contributed by atoms with Crippen LogP contribution in [0.5, 0.6) is 0 Å². The van der Waals surface area contributed by atoms with Crippen molar-refractivity contribution in [3.8, 4) is 0 Å². The van der Waals surface area contributed by atoms with Gasteiger partial charge < -0.3 is 10.1 Å². The molecule has 2 atom stereocenters. The summed E-state index contributed by atoms with van der Waals surface area (Å²) in [5, 5.41) is 3.14. The number of carbonyl (C=O) groups excluding carboxylic acids is 1. The average molecular weight is 410 g/mol. The second-order valence-corrected chi connectivity index (χ2v) is 8.06. The molecular weight excluding hydrogens is 381 g/mol. The van der Waals surface area contributed by atoms with Crippen molar-refractivity contribution in [2.75, 3.05) is 32.8 Å². The summed E-state index contributed by atoms with van der Waals surface area (Å²) in [5.74, 6) is -0.453. The highest BCUT2D eigenvalue weighted by molar-refractivity contribution is 5.94. The van der Waals surface area contributed by atoms with Crippen LogP contribution in [-0.4, -0.2) is 48.6 Å². The molecule has 0 aliphatic carbocycles. The minimum Gasteiger partial charge on any atom is -0.377 e. The summed E-state index contributed by atoms with van der Waals surface area (Å²) in [5.41, 5.74) is 2.50. The maximum Gasteiger partial charge on any atom is 0.251 e. The number of halogens is 1. The van der Waals surface area contributed by atoms with Crippen LogP contribution in [0.15, 0.2) is 60.3 Å². The normalized spacial score (nSPS) is 21.0. The van der Waals surface area contributed by atoms with Crippen molar-refractivity contribution in [2.24, 2.45) is 5.92 Å². The number of benzene rings is 1. The summed E-state index contributed by atoms with van der Waals surface area (Å²) in [6.07, 6.45) is 7.10. The molecule has 3 heterocycles. The van der Waals surface area contributed by atoms with Gasteiger partial charge in [0, 0.05) is 24.8 Å². The number of ether oxygens (including phenoxy) is 1. The Morgan fingerprint density at radius 2 is 2.23 bits per heavy atom. The standard InChI is InChI=1S/C24H28FN3O2/c25-21-9-3-7-19(14-21)24(29)27-23(22-10-1-2-11-26-22)20-8-4-12-28(16-20)15-18-6-5-13-30-17-18/h1-3,6-7,9-11,14,20,23H,4-5,8,12-13,15-17H2,(H,27,29). The molecule has 158 valence electrons. The van der Waals surface area contributed by atoms with Gasteiger partial charge in [-0.2, -0.15) is 0 Å². The van der Waals surface area contributed by atoms with Gasteiger partial charge in [-0.05, 0) is 67.6 Å². The van der Waals surface area contributed by atoms with Crippen molar-refractivity contribution in [3.63, 3.8) is 0 Å². The van der Waals surface area contributed by atoms with Crippen molar-refractivity contribution in [3.05, 3.63) is 77.4 Å². The molecule has 1 aromatic heterocycles. The summed E-state index contributed by atoms with van der Waals surface area (Å²) >= 11 is 0. The summed E-state index contributed by atoms with van der Waals surface area (Å²) in [6, 6.07) is 11.3. The lowest BCUT2D eigenvalue weighted by molar-refractivity contribution is 0.0878. The van der Waals surface area contributed by atoms with Gasteiger partial charge in [0.15, 0.2) is 0 Å². The number of amides is 1. The zero-order valence-electron chi connectivity index (χ0n) is 17.1. The number of hydrogen-bond donors (Lipinski definition) is 1. The molecule has 1 N–H and O–H groups in total. The maximum absolute atomic E-state index is 13.6. The van der Waals surface area contributed by atoms with E-state index in [0.29, 0.717) is 12.2 Å². The van der Waals surface area contributed by atoms with E-state index < -0.39 is 5.82 Å². The predicted octanol–water partition coefficient (Wildman–Crippen LogP) is 3.75. The van der Waals surface area contributed by atoms with Crippen molar-refractivity contribution in [1.29, 1.82) is 0 Å². The molecule has 1 aromatic carbocycles. The first-order valence-electron chi connectivity index (χ1n) is 10.6. The Morgan fingerprint density at radius 3 is 3.00 bits per heavy atom. The summed E-state index contributed by atoms with van der Waals surface area (Å²) in [7, 11) is 0. The number of nitrogens with one attached hydrogen (secondary N) is 1. The Balaban J connectivity index is 1.50. The minimum atomic E-state index is -0.413. The fraction of sp³-hybridized carbons (Fsp3) is 0.417. The van der Waals surface area contributed by atoms with Crippen LogP contribution < -0.4 is 5.32 Å². The molecule has 2 aliphatic heterocycles. The molecule has 0 spiro atoms. The minimum absolute atomic E-state index is 0.221. The van der Waals surface area contributed by atoms with E-state index in [1.807, 2.05) is 18.2 Å². The quantitative estimate of drug-likeness (QED) is 0.739. The number of likely N-dealkylation sites (tertiary alicyclic amines) is 1. The zero-order valence-corrected chi connectivity index (χ0v) is 17.1. The number of carbonyl (C=O) groups is 1. The second-order valence-electron chi connectivity index (χ2n) is 8.06. The highest BCUT2D eigenvalue weighted by Gasteiger charge is 2.31. The topological polar surface area (TPSA) is 54.5 Å². The Labute approximate surface area is 177 Å². The van der Waals surface area contributed by atoms with Crippen LogP contribution in [0.25, 0.3) is 0 Å². The van der Waals surface area contributed by atoms with Gasteiger partial charge in [-0.1, -0.05) is 18.2 Å². The van der Waals surface area contributed by atoms with Crippen LogP contribution in [0.4, 0.5) is 4.39 Å². The summed E-state index contributed by atoms with van der Waals surface area (Å²) in [4.78, 5) is 19.8. The first-order valence-corrected chi connectivity index (χ1v) is 10.6. The molecule has 1 amide bonds.